The number of pyridine rings is 1. The largest absolute Gasteiger partial charge is 0.487 e. The van der Waals surface area contributed by atoms with Crippen molar-refractivity contribution in [3.05, 3.63) is 58.8 Å². The number of rotatable bonds is 4. The summed E-state index contributed by atoms with van der Waals surface area (Å²) in [5, 5.41) is 0. The van der Waals surface area contributed by atoms with Crippen LogP contribution < -0.4 is 4.74 Å². The lowest BCUT2D eigenvalue weighted by Crippen LogP contribution is -2.49. The molecule has 5 nitrogen and oxygen atoms in total. The number of likely N-dealkylation sites (tertiary alicyclic amines) is 1. The fraction of sp³-hybridized carbons (Fsp3) is 0.429. The highest BCUT2D eigenvalue weighted by molar-refractivity contribution is 9.10. The van der Waals surface area contributed by atoms with Gasteiger partial charge in [-0.2, -0.15) is 0 Å². The van der Waals surface area contributed by atoms with Crippen LogP contribution in [0.1, 0.15) is 24.8 Å². The van der Waals surface area contributed by atoms with Crippen LogP contribution in [0, 0.1) is 0 Å². The van der Waals surface area contributed by atoms with Crippen LogP contribution in [0.5, 0.6) is 5.75 Å². The third-order valence-corrected chi connectivity index (χ3v) is 6.14. The van der Waals surface area contributed by atoms with E-state index < -0.39 is 5.41 Å². The highest BCUT2D eigenvalue weighted by atomic mass is 79.9. The lowest BCUT2D eigenvalue weighted by Gasteiger charge is -2.39. The Kier molecular flexibility index (Phi) is 5.45. The molecular formula is C21H23BrN2O3. The molecule has 1 aromatic carbocycles. The molecule has 0 aliphatic carbocycles. The number of carbonyl (C=O) groups excluding carboxylic acids is 1. The van der Waals surface area contributed by atoms with E-state index in [-0.39, 0.29) is 12.0 Å². The second-order valence-electron chi connectivity index (χ2n) is 7.15. The Morgan fingerprint density at radius 3 is 2.74 bits per heavy atom. The SMILES string of the molecule is O=C(N1CCC(Oc2ccncc2Br)C1)C1(c2ccccc2)CCOCC1. The molecule has 2 saturated heterocycles. The van der Waals surface area contributed by atoms with Gasteiger partial charge in [-0.15, -0.1) is 0 Å². The van der Waals surface area contributed by atoms with E-state index in [0.29, 0.717) is 19.8 Å². The van der Waals surface area contributed by atoms with E-state index in [2.05, 4.69) is 33.0 Å². The van der Waals surface area contributed by atoms with E-state index in [4.69, 9.17) is 9.47 Å². The first kappa shape index (κ1) is 18.4. The van der Waals surface area contributed by atoms with Crippen LogP contribution in [0.2, 0.25) is 0 Å². The van der Waals surface area contributed by atoms with Crippen LogP contribution in [-0.4, -0.2) is 48.2 Å². The van der Waals surface area contributed by atoms with E-state index in [1.807, 2.05) is 29.2 Å². The van der Waals surface area contributed by atoms with Crippen molar-refractivity contribution in [3.63, 3.8) is 0 Å². The fourth-order valence-electron chi connectivity index (χ4n) is 4.05. The molecule has 0 N–H and O–H groups in total. The second-order valence-corrected chi connectivity index (χ2v) is 8.00. The summed E-state index contributed by atoms with van der Waals surface area (Å²) in [4.78, 5) is 19.6. The number of carbonyl (C=O) groups is 1. The summed E-state index contributed by atoms with van der Waals surface area (Å²) in [6.07, 6.45) is 5.73. The van der Waals surface area contributed by atoms with Gasteiger partial charge in [0.25, 0.3) is 0 Å². The minimum atomic E-state index is -0.481. The van der Waals surface area contributed by atoms with Gasteiger partial charge in [-0.25, -0.2) is 0 Å². The van der Waals surface area contributed by atoms with Crippen molar-refractivity contribution in [2.45, 2.75) is 30.8 Å². The number of benzene rings is 1. The van der Waals surface area contributed by atoms with E-state index in [1.165, 1.54) is 0 Å². The van der Waals surface area contributed by atoms with Gasteiger partial charge in [0.2, 0.25) is 5.91 Å². The number of ether oxygens (including phenoxy) is 2. The van der Waals surface area contributed by atoms with Crippen molar-refractivity contribution in [1.29, 1.82) is 0 Å². The number of halogens is 1. The van der Waals surface area contributed by atoms with Crippen molar-refractivity contribution in [3.8, 4) is 5.75 Å². The maximum Gasteiger partial charge on any atom is 0.233 e. The van der Waals surface area contributed by atoms with Crippen LogP contribution in [0.15, 0.2) is 53.3 Å². The number of nitrogens with zero attached hydrogens (tertiary/aromatic N) is 2. The minimum absolute atomic E-state index is 0.000291. The first-order valence-corrected chi connectivity index (χ1v) is 10.2. The average Bonchev–Trinajstić information content (AvgIpc) is 3.19. The molecule has 2 aliphatic rings. The minimum Gasteiger partial charge on any atom is -0.487 e. The maximum absolute atomic E-state index is 13.6. The van der Waals surface area contributed by atoms with Gasteiger partial charge in [-0.05, 0) is 40.4 Å². The predicted octanol–water partition coefficient (Wildman–Crippen LogP) is 3.57. The summed E-state index contributed by atoms with van der Waals surface area (Å²) in [5.41, 5.74) is 0.616. The van der Waals surface area contributed by atoms with Crippen LogP contribution in [0.4, 0.5) is 0 Å². The molecule has 6 heteroatoms. The molecule has 2 aromatic rings. The van der Waals surface area contributed by atoms with E-state index in [1.54, 1.807) is 12.4 Å². The molecule has 27 heavy (non-hydrogen) atoms. The number of amides is 1. The number of hydrogen-bond donors (Lipinski definition) is 0. The summed E-state index contributed by atoms with van der Waals surface area (Å²) in [5.74, 6) is 0.977. The first-order chi connectivity index (χ1) is 13.2. The van der Waals surface area contributed by atoms with Crippen LogP contribution >= 0.6 is 15.9 Å². The Labute approximate surface area is 167 Å². The summed E-state index contributed by atoms with van der Waals surface area (Å²) >= 11 is 3.47. The van der Waals surface area contributed by atoms with E-state index >= 15 is 0 Å². The molecule has 0 spiro atoms. The quantitative estimate of drug-likeness (QED) is 0.743. The van der Waals surface area contributed by atoms with Crippen LogP contribution in [0.3, 0.4) is 0 Å². The lowest BCUT2D eigenvalue weighted by atomic mass is 9.73. The van der Waals surface area contributed by atoms with Crippen molar-refractivity contribution in [1.82, 2.24) is 9.88 Å². The Morgan fingerprint density at radius 1 is 1.22 bits per heavy atom. The van der Waals surface area contributed by atoms with Gasteiger partial charge in [0.15, 0.2) is 0 Å². The maximum atomic E-state index is 13.6. The zero-order chi connectivity index (χ0) is 18.7. The van der Waals surface area contributed by atoms with Crippen molar-refractivity contribution < 1.29 is 14.3 Å². The third kappa shape index (κ3) is 3.73. The molecule has 1 atom stereocenters. The lowest BCUT2D eigenvalue weighted by molar-refractivity contribution is -0.140. The topological polar surface area (TPSA) is 51.7 Å². The zero-order valence-corrected chi connectivity index (χ0v) is 16.7. The molecule has 2 aliphatic heterocycles. The molecule has 3 heterocycles. The number of aromatic nitrogens is 1. The smallest absolute Gasteiger partial charge is 0.233 e. The van der Waals surface area contributed by atoms with Crippen molar-refractivity contribution in [2.75, 3.05) is 26.3 Å². The van der Waals surface area contributed by atoms with E-state index in [9.17, 15) is 4.79 Å². The van der Waals surface area contributed by atoms with Gasteiger partial charge in [0.05, 0.1) is 16.4 Å². The Hall–Kier alpha value is -1.92. The molecule has 0 saturated carbocycles. The van der Waals surface area contributed by atoms with Crippen molar-refractivity contribution in [2.24, 2.45) is 0 Å². The molecule has 1 amide bonds. The van der Waals surface area contributed by atoms with Gasteiger partial charge in [0.1, 0.15) is 11.9 Å². The van der Waals surface area contributed by atoms with Crippen molar-refractivity contribution >= 4 is 21.8 Å². The highest BCUT2D eigenvalue weighted by Crippen LogP contribution is 2.38. The Bertz CT molecular complexity index is 793. The van der Waals surface area contributed by atoms with E-state index in [0.717, 1.165) is 41.6 Å². The second kappa shape index (κ2) is 7.98. The molecule has 2 fully saturated rings. The Balaban J connectivity index is 1.50. The predicted molar refractivity (Wildman–Crippen MR) is 106 cm³/mol. The molecule has 0 bridgehead atoms. The number of hydrogen-bond acceptors (Lipinski definition) is 4. The Morgan fingerprint density at radius 2 is 2.00 bits per heavy atom. The average molecular weight is 431 g/mol. The summed E-state index contributed by atoms with van der Waals surface area (Å²) in [7, 11) is 0. The highest BCUT2D eigenvalue weighted by Gasteiger charge is 2.45. The molecule has 0 radical (unpaired) electrons. The first-order valence-electron chi connectivity index (χ1n) is 9.38. The van der Waals surface area contributed by atoms with Crippen LogP contribution in [-0.2, 0) is 14.9 Å². The van der Waals surface area contributed by atoms with Gasteiger partial charge >= 0.3 is 0 Å². The zero-order valence-electron chi connectivity index (χ0n) is 15.1. The molecule has 1 unspecified atom stereocenters. The van der Waals surface area contributed by atoms with Gasteiger partial charge in [-0.3, -0.25) is 9.78 Å². The fourth-order valence-corrected chi connectivity index (χ4v) is 4.40. The normalized spacial score (nSPS) is 21.8. The van der Waals surface area contributed by atoms with Gasteiger partial charge in [-0.1, -0.05) is 30.3 Å². The molecule has 4 rings (SSSR count). The monoisotopic (exact) mass is 430 g/mol. The van der Waals surface area contributed by atoms with Gasteiger partial charge < -0.3 is 14.4 Å². The third-order valence-electron chi connectivity index (χ3n) is 5.54. The summed E-state index contributed by atoms with van der Waals surface area (Å²) in [6, 6.07) is 12.0. The van der Waals surface area contributed by atoms with Crippen LogP contribution in [0.25, 0.3) is 0 Å². The molecule has 1 aromatic heterocycles. The van der Waals surface area contributed by atoms with Gasteiger partial charge in [0, 0.05) is 38.6 Å². The standard InChI is InChI=1S/C21H23BrN2O3/c22-18-14-23-10-6-19(18)27-17-7-11-24(15-17)20(25)21(8-12-26-13-9-21)16-4-2-1-3-5-16/h1-6,10,14,17H,7-9,11-13,15H2. The molecular weight excluding hydrogens is 408 g/mol. The summed E-state index contributed by atoms with van der Waals surface area (Å²) in [6.45, 7) is 2.58. The summed E-state index contributed by atoms with van der Waals surface area (Å²) < 4.78 is 12.5. The molecule has 142 valence electrons.